The molecule has 66 valence electrons. The molecule has 13 heavy (non-hydrogen) atoms. The summed E-state index contributed by atoms with van der Waals surface area (Å²) in [5.41, 5.74) is 0.567. The first-order valence-electron chi connectivity index (χ1n) is 3.44. The number of rotatable bonds is 1. The van der Waals surface area contributed by atoms with Crippen LogP contribution in [-0.4, -0.2) is 15.2 Å². The van der Waals surface area contributed by atoms with E-state index in [4.69, 9.17) is 11.6 Å². The van der Waals surface area contributed by atoms with E-state index in [9.17, 15) is 4.79 Å². The molecular weight excluding hydrogens is 210 g/mol. The summed E-state index contributed by atoms with van der Waals surface area (Å²) in [7, 11) is 0. The lowest BCUT2D eigenvalue weighted by Gasteiger charge is -1.91. The van der Waals surface area contributed by atoms with Crippen LogP contribution in [0.15, 0.2) is 23.1 Å². The van der Waals surface area contributed by atoms with E-state index in [1.807, 2.05) is 0 Å². The molecule has 0 aliphatic rings. The van der Waals surface area contributed by atoms with Crippen LogP contribution in [0.25, 0.3) is 10.7 Å². The molecule has 0 spiro atoms. The van der Waals surface area contributed by atoms with Crippen molar-refractivity contribution in [2.45, 2.75) is 0 Å². The molecule has 0 fully saturated rings. The molecule has 0 unspecified atom stereocenters. The van der Waals surface area contributed by atoms with Crippen molar-refractivity contribution >= 4 is 22.9 Å². The zero-order chi connectivity index (χ0) is 9.26. The van der Waals surface area contributed by atoms with Crippen LogP contribution in [0, 0.1) is 0 Å². The van der Waals surface area contributed by atoms with Crippen molar-refractivity contribution < 1.29 is 0 Å². The van der Waals surface area contributed by atoms with Gasteiger partial charge in [-0.3, -0.25) is 4.79 Å². The van der Waals surface area contributed by atoms with Gasteiger partial charge in [0.25, 0.3) is 0 Å². The number of halogens is 1. The fourth-order valence-electron chi connectivity index (χ4n) is 0.883. The van der Waals surface area contributed by atoms with Gasteiger partial charge in [-0.05, 0) is 11.6 Å². The minimum Gasteiger partial charge on any atom is -0.359 e. The number of hydrogen-bond acceptors (Lipinski definition) is 4. The molecule has 0 bridgehead atoms. The summed E-state index contributed by atoms with van der Waals surface area (Å²) in [6, 6.07) is 2.89. The molecular formula is C7H4ClN3OS. The molecule has 0 aliphatic heterocycles. The number of hydrogen-bond donors (Lipinski definition) is 1. The second kappa shape index (κ2) is 3.27. The third kappa shape index (κ3) is 1.76. The average molecular weight is 214 g/mol. The Balaban J connectivity index is 2.52. The molecule has 0 radical (unpaired) electrons. The molecule has 4 nitrogen and oxygen atoms in total. The van der Waals surface area contributed by atoms with Crippen molar-refractivity contribution in [3.05, 3.63) is 33.0 Å². The van der Waals surface area contributed by atoms with E-state index < -0.39 is 0 Å². The monoisotopic (exact) mass is 213 g/mol. The first kappa shape index (κ1) is 8.40. The normalized spacial score (nSPS) is 10.2. The summed E-state index contributed by atoms with van der Waals surface area (Å²) in [5, 5.41) is 8.04. The van der Waals surface area contributed by atoms with Crippen LogP contribution in [0.2, 0.25) is 4.47 Å². The van der Waals surface area contributed by atoms with Gasteiger partial charge in [0.1, 0.15) is 0 Å². The van der Waals surface area contributed by atoms with Crippen LogP contribution in [0.3, 0.4) is 0 Å². The standard InChI is InChI=1S/C7H4ClN3OS/c8-7-11-10-6(13-7)5-3-4(12)1-2-9-5/h1-3H,(H,9,12). The predicted octanol–water partition coefficient (Wildman–Crippen LogP) is 1.55. The smallest absolute Gasteiger partial charge is 0.207 e. The van der Waals surface area contributed by atoms with E-state index in [-0.39, 0.29) is 5.43 Å². The van der Waals surface area contributed by atoms with E-state index in [1.54, 1.807) is 6.20 Å². The van der Waals surface area contributed by atoms with Gasteiger partial charge < -0.3 is 4.98 Å². The second-order valence-corrected chi connectivity index (χ2v) is 3.86. The van der Waals surface area contributed by atoms with Gasteiger partial charge in [0.05, 0.1) is 5.69 Å². The summed E-state index contributed by atoms with van der Waals surface area (Å²) in [4.78, 5) is 13.9. The van der Waals surface area contributed by atoms with Crippen LogP contribution >= 0.6 is 22.9 Å². The number of H-pyrrole nitrogens is 1. The number of pyridine rings is 1. The zero-order valence-electron chi connectivity index (χ0n) is 6.32. The third-order valence-corrected chi connectivity index (χ3v) is 2.46. The van der Waals surface area contributed by atoms with E-state index >= 15 is 0 Å². The molecule has 0 aromatic carbocycles. The van der Waals surface area contributed by atoms with Crippen LogP contribution in [-0.2, 0) is 0 Å². The van der Waals surface area contributed by atoms with Crippen molar-refractivity contribution in [3.63, 3.8) is 0 Å². The van der Waals surface area contributed by atoms with Crippen molar-refractivity contribution in [3.8, 4) is 10.7 Å². The molecule has 0 saturated heterocycles. The van der Waals surface area contributed by atoms with Crippen LogP contribution in [0.4, 0.5) is 0 Å². The second-order valence-electron chi connectivity index (χ2n) is 2.30. The van der Waals surface area contributed by atoms with Crippen molar-refractivity contribution in [2.75, 3.05) is 0 Å². The van der Waals surface area contributed by atoms with Gasteiger partial charge in [-0.2, -0.15) is 0 Å². The van der Waals surface area contributed by atoms with E-state index in [0.717, 1.165) is 0 Å². The van der Waals surface area contributed by atoms with Crippen LogP contribution < -0.4 is 5.43 Å². The minimum absolute atomic E-state index is 0.0694. The molecule has 2 aromatic rings. The molecule has 6 heteroatoms. The average Bonchev–Trinajstić information content (AvgIpc) is 2.52. The first-order chi connectivity index (χ1) is 6.25. The molecule has 2 rings (SSSR count). The number of nitrogens with one attached hydrogen (secondary N) is 1. The van der Waals surface area contributed by atoms with Gasteiger partial charge in [0.2, 0.25) is 4.47 Å². The third-order valence-electron chi connectivity index (χ3n) is 1.40. The zero-order valence-corrected chi connectivity index (χ0v) is 7.89. The highest BCUT2D eigenvalue weighted by molar-refractivity contribution is 7.18. The lowest BCUT2D eigenvalue weighted by atomic mass is 10.3. The maximum absolute atomic E-state index is 11.0. The maximum Gasteiger partial charge on any atom is 0.207 e. The molecule has 2 aromatic heterocycles. The quantitative estimate of drug-likeness (QED) is 0.782. The van der Waals surface area contributed by atoms with Crippen molar-refractivity contribution in [2.24, 2.45) is 0 Å². The highest BCUT2D eigenvalue weighted by Gasteiger charge is 2.04. The number of nitrogens with zero attached hydrogens (tertiary/aromatic N) is 2. The Hall–Kier alpha value is -1.20. The van der Waals surface area contributed by atoms with Crippen molar-refractivity contribution in [1.29, 1.82) is 0 Å². The largest absolute Gasteiger partial charge is 0.359 e. The van der Waals surface area contributed by atoms with Gasteiger partial charge >= 0.3 is 0 Å². The van der Waals surface area contributed by atoms with Crippen molar-refractivity contribution in [1.82, 2.24) is 15.2 Å². The SMILES string of the molecule is O=c1cc[nH]c(-c2nnc(Cl)s2)c1. The Bertz CT molecular complexity index is 478. The Kier molecular flexibility index (Phi) is 2.12. The predicted molar refractivity (Wildman–Crippen MR) is 51.0 cm³/mol. The van der Waals surface area contributed by atoms with Crippen LogP contribution in [0.1, 0.15) is 0 Å². The maximum atomic E-state index is 11.0. The van der Waals surface area contributed by atoms with Gasteiger partial charge in [0.15, 0.2) is 10.4 Å². The summed E-state index contributed by atoms with van der Waals surface area (Å²) in [5.74, 6) is 0. The Morgan fingerprint density at radius 3 is 2.92 bits per heavy atom. The first-order valence-corrected chi connectivity index (χ1v) is 4.63. The highest BCUT2D eigenvalue weighted by Crippen LogP contribution is 2.22. The summed E-state index contributed by atoms with van der Waals surface area (Å²) >= 11 is 6.83. The highest BCUT2D eigenvalue weighted by atomic mass is 35.5. The van der Waals surface area contributed by atoms with Gasteiger partial charge in [-0.15, -0.1) is 10.2 Å². The fraction of sp³-hybridized carbons (Fsp3) is 0. The molecule has 0 atom stereocenters. The molecule has 0 amide bonds. The minimum atomic E-state index is -0.0694. The Morgan fingerprint density at radius 2 is 2.31 bits per heavy atom. The lowest BCUT2D eigenvalue weighted by Crippen LogP contribution is -1.97. The van der Waals surface area contributed by atoms with E-state index in [2.05, 4.69) is 15.2 Å². The molecule has 0 saturated carbocycles. The summed E-state index contributed by atoms with van der Waals surface area (Å²) < 4.78 is 0.361. The number of aromatic amines is 1. The Morgan fingerprint density at radius 1 is 1.46 bits per heavy atom. The molecule has 2 heterocycles. The van der Waals surface area contributed by atoms with Gasteiger partial charge in [-0.25, -0.2) is 0 Å². The lowest BCUT2D eigenvalue weighted by molar-refractivity contribution is 1.08. The van der Waals surface area contributed by atoms with E-state index in [0.29, 0.717) is 15.2 Å². The van der Waals surface area contributed by atoms with Gasteiger partial charge in [0, 0.05) is 18.3 Å². The molecule has 0 aliphatic carbocycles. The number of aromatic nitrogens is 3. The summed E-state index contributed by atoms with van der Waals surface area (Å²) in [6.45, 7) is 0. The molecule has 1 N–H and O–H groups in total. The van der Waals surface area contributed by atoms with Gasteiger partial charge in [-0.1, -0.05) is 11.3 Å². The summed E-state index contributed by atoms with van der Waals surface area (Å²) in [6.07, 6.45) is 1.56. The fourth-order valence-corrected chi connectivity index (χ4v) is 1.69. The van der Waals surface area contributed by atoms with Crippen LogP contribution in [0.5, 0.6) is 0 Å². The Labute approximate surface area is 82.2 Å². The topological polar surface area (TPSA) is 58.6 Å². The van der Waals surface area contributed by atoms with E-state index in [1.165, 1.54) is 23.5 Å².